The summed E-state index contributed by atoms with van der Waals surface area (Å²) in [4.78, 5) is 30.0. The second kappa shape index (κ2) is 4.99. The number of aromatic nitrogens is 1. The molecule has 5 nitrogen and oxygen atoms in total. The first-order chi connectivity index (χ1) is 9.24. The average molecular weight is 259 g/mol. The van der Waals surface area contributed by atoms with Gasteiger partial charge in [-0.1, -0.05) is 0 Å². The van der Waals surface area contributed by atoms with Crippen LogP contribution in [0.2, 0.25) is 0 Å². The molecule has 1 saturated heterocycles. The van der Waals surface area contributed by atoms with Crippen LogP contribution in [0.3, 0.4) is 0 Å². The fourth-order valence-corrected chi connectivity index (χ4v) is 2.27. The van der Waals surface area contributed by atoms with Gasteiger partial charge in [0.05, 0.1) is 0 Å². The quantitative estimate of drug-likeness (QED) is 0.887. The van der Waals surface area contributed by atoms with Crippen LogP contribution in [-0.2, 0) is 0 Å². The van der Waals surface area contributed by atoms with Crippen molar-refractivity contribution < 1.29 is 9.59 Å². The topological polar surface area (TPSA) is 62.3 Å². The van der Waals surface area contributed by atoms with E-state index in [9.17, 15) is 9.59 Å². The van der Waals surface area contributed by atoms with Gasteiger partial charge >= 0.3 is 0 Å². The van der Waals surface area contributed by atoms with Gasteiger partial charge in [-0.25, -0.2) is 0 Å². The van der Waals surface area contributed by atoms with Gasteiger partial charge in [0.15, 0.2) is 0 Å². The van der Waals surface area contributed by atoms with Gasteiger partial charge in [-0.3, -0.25) is 14.6 Å². The van der Waals surface area contributed by atoms with Crippen molar-refractivity contribution in [2.75, 3.05) is 13.1 Å². The molecule has 1 N–H and O–H groups in total. The normalized spacial score (nSPS) is 18.4. The summed E-state index contributed by atoms with van der Waals surface area (Å²) in [5, 5.41) is 2.91. The number of hydrogen-bond donors (Lipinski definition) is 1. The van der Waals surface area contributed by atoms with E-state index in [-0.39, 0.29) is 11.8 Å². The maximum absolute atomic E-state index is 12.2. The lowest BCUT2D eigenvalue weighted by Crippen LogP contribution is -2.29. The molecule has 0 atom stereocenters. The van der Waals surface area contributed by atoms with Crippen molar-refractivity contribution in [3.63, 3.8) is 0 Å². The summed E-state index contributed by atoms with van der Waals surface area (Å²) < 4.78 is 0. The van der Waals surface area contributed by atoms with E-state index >= 15 is 0 Å². The second-order valence-electron chi connectivity index (χ2n) is 5.18. The number of pyridine rings is 1. The smallest absolute Gasteiger partial charge is 0.272 e. The number of carbonyl (C=O) groups is 2. The van der Waals surface area contributed by atoms with Crippen LogP contribution < -0.4 is 5.32 Å². The number of rotatable bonds is 3. The number of nitrogens with zero attached hydrogens (tertiary/aromatic N) is 2. The monoisotopic (exact) mass is 259 g/mol. The highest BCUT2D eigenvalue weighted by Gasteiger charge is 2.25. The molecule has 1 saturated carbocycles. The molecule has 0 aromatic carbocycles. The molecule has 19 heavy (non-hydrogen) atoms. The average Bonchev–Trinajstić information content (AvgIpc) is 3.08. The zero-order valence-electron chi connectivity index (χ0n) is 10.8. The van der Waals surface area contributed by atoms with E-state index in [4.69, 9.17) is 0 Å². The van der Waals surface area contributed by atoms with Gasteiger partial charge in [0.2, 0.25) is 0 Å². The summed E-state index contributed by atoms with van der Waals surface area (Å²) in [6, 6.07) is 3.56. The SMILES string of the molecule is O=C(NC1CC1)c1ccnc(C(=O)N2CCCC2)c1. The molecule has 1 aromatic rings. The fraction of sp³-hybridized carbons (Fsp3) is 0.500. The Morgan fingerprint density at radius 1 is 1.26 bits per heavy atom. The summed E-state index contributed by atoms with van der Waals surface area (Å²) in [6.07, 6.45) is 5.74. The van der Waals surface area contributed by atoms with Crippen molar-refractivity contribution in [1.82, 2.24) is 15.2 Å². The molecule has 1 aliphatic heterocycles. The van der Waals surface area contributed by atoms with Crippen molar-refractivity contribution in [2.45, 2.75) is 31.7 Å². The molecule has 1 aromatic heterocycles. The van der Waals surface area contributed by atoms with Crippen molar-refractivity contribution in [2.24, 2.45) is 0 Å². The van der Waals surface area contributed by atoms with Crippen LogP contribution in [0.25, 0.3) is 0 Å². The van der Waals surface area contributed by atoms with E-state index in [1.165, 1.54) is 6.20 Å². The minimum absolute atomic E-state index is 0.0708. The number of carbonyl (C=O) groups excluding carboxylic acids is 2. The molecule has 2 heterocycles. The van der Waals surface area contributed by atoms with Gasteiger partial charge < -0.3 is 10.2 Å². The molecular formula is C14H17N3O2. The molecule has 0 unspecified atom stereocenters. The molecule has 100 valence electrons. The van der Waals surface area contributed by atoms with Crippen LogP contribution >= 0.6 is 0 Å². The van der Waals surface area contributed by atoms with E-state index in [2.05, 4.69) is 10.3 Å². The summed E-state index contributed by atoms with van der Waals surface area (Å²) in [6.45, 7) is 1.58. The van der Waals surface area contributed by atoms with Gasteiger partial charge in [0, 0.05) is 30.9 Å². The van der Waals surface area contributed by atoms with Crippen LogP contribution in [0.4, 0.5) is 0 Å². The third kappa shape index (κ3) is 2.75. The Labute approximate surface area is 112 Å². The Hall–Kier alpha value is -1.91. The molecule has 3 rings (SSSR count). The zero-order valence-corrected chi connectivity index (χ0v) is 10.8. The molecule has 1 aliphatic carbocycles. The van der Waals surface area contributed by atoms with E-state index < -0.39 is 0 Å². The van der Waals surface area contributed by atoms with E-state index in [1.54, 1.807) is 17.0 Å². The van der Waals surface area contributed by atoms with Gasteiger partial charge in [-0.05, 0) is 37.8 Å². The molecule has 2 aliphatic rings. The first-order valence-corrected chi connectivity index (χ1v) is 6.80. The summed E-state index contributed by atoms with van der Waals surface area (Å²) in [7, 11) is 0. The molecule has 2 fully saturated rings. The lowest BCUT2D eigenvalue weighted by Gasteiger charge is -2.14. The van der Waals surface area contributed by atoms with Crippen LogP contribution in [0.1, 0.15) is 46.5 Å². The number of likely N-dealkylation sites (tertiary alicyclic amines) is 1. The molecule has 2 amide bonds. The maximum atomic E-state index is 12.2. The van der Waals surface area contributed by atoms with Gasteiger partial charge in [-0.2, -0.15) is 0 Å². The Balaban J connectivity index is 1.74. The molecule has 0 bridgehead atoms. The zero-order chi connectivity index (χ0) is 13.2. The van der Waals surface area contributed by atoms with E-state index in [0.717, 1.165) is 38.8 Å². The van der Waals surface area contributed by atoms with Crippen LogP contribution in [-0.4, -0.2) is 40.8 Å². The summed E-state index contributed by atoms with van der Waals surface area (Å²) in [5.74, 6) is -0.182. The van der Waals surface area contributed by atoms with E-state index in [1.807, 2.05) is 0 Å². The minimum atomic E-state index is -0.111. The fourth-order valence-electron chi connectivity index (χ4n) is 2.27. The van der Waals surface area contributed by atoms with Crippen molar-refractivity contribution in [3.8, 4) is 0 Å². The third-order valence-electron chi connectivity index (χ3n) is 3.55. The van der Waals surface area contributed by atoms with Crippen LogP contribution in [0, 0.1) is 0 Å². The van der Waals surface area contributed by atoms with Gasteiger partial charge in [-0.15, -0.1) is 0 Å². The molecule has 0 radical (unpaired) electrons. The third-order valence-corrected chi connectivity index (χ3v) is 3.55. The first-order valence-electron chi connectivity index (χ1n) is 6.80. The predicted octanol–water partition coefficient (Wildman–Crippen LogP) is 1.21. The second-order valence-corrected chi connectivity index (χ2v) is 5.18. The van der Waals surface area contributed by atoms with E-state index in [0.29, 0.717) is 17.3 Å². The number of amides is 2. The Kier molecular flexibility index (Phi) is 3.19. The number of hydrogen-bond acceptors (Lipinski definition) is 3. The number of nitrogens with one attached hydrogen (secondary N) is 1. The molecule has 0 spiro atoms. The molecular weight excluding hydrogens is 242 g/mol. The van der Waals surface area contributed by atoms with Crippen LogP contribution in [0.5, 0.6) is 0 Å². The van der Waals surface area contributed by atoms with Gasteiger partial charge in [0.1, 0.15) is 5.69 Å². The summed E-state index contributed by atoms with van der Waals surface area (Å²) in [5.41, 5.74) is 0.884. The minimum Gasteiger partial charge on any atom is -0.349 e. The highest BCUT2D eigenvalue weighted by atomic mass is 16.2. The van der Waals surface area contributed by atoms with Crippen molar-refractivity contribution in [3.05, 3.63) is 29.6 Å². The summed E-state index contributed by atoms with van der Waals surface area (Å²) >= 11 is 0. The molecule has 5 heteroatoms. The highest BCUT2D eigenvalue weighted by Crippen LogP contribution is 2.19. The lowest BCUT2D eigenvalue weighted by molar-refractivity contribution is 0.0787. The maximum Gasteiger partial charge on any atom is 0.272 e. The van der Waals surface area contributed by atoms with Crippen molar-refractivity contribution >= 4 is 11.8 Å². The van der Waals surface area contributed by atoms with Crippen LogP contribution in [0.15, 0.2) is 18.3 Å². The first kappa shape index (κ1) is 12.1. The largest absolute Gasteiger partial charge is 0.349 e. The highest BCUT2D eigenvalue weighted by molar-refractivity contribution is 5.98. The Bertz CT molecular complexity index is 505. The Morgan fingerprint density at radius 2 is 2.00 bits per heavy atom. The van der Waals surface area contributed by atoms with Crippen molar-refractivity contribution in [1.29, 1.82) is 0 Å². The Morgan fingerprint density at radius 3 is 2.68 bits per heavy atom. The lowest BCUT2D eigenvalue weighted by atomic mass is 10.2. The predicted molar refractivity (Wildman–Crippen MR) is 69.9 cm³/mol. The standard InChI is InChI=1S/C14H17N3O2/c18-13(16-11-3-4-11)10-5-6-15-12(9-10)14(19)17-7-1-2-8-17/h5-6,9,11H,1-4,7-8H2,(H,16,18). The van der Waals surface area contributed by atoms with Gasteiger partial charge in [0.25, 0.3) is 11.8 Å².